The van der Waals surface area contributed by atoms with Gasteiger partial charge in [0.1, 0.15) is 6.54 Å². The highest BCUT2D eigenvalue weighted by atomic mass is 15.4. The van der Waals surface area contributed by atoms with E-state index in [1.165, 1.54) is 0 Å². The van der Waals surface area contributed by atoms with Gasteiger partial charge in [-0.3, -0.25) is 5.84 Å². The van der Waals surface area contributed by atoms with Crippen LogP contribution in [0.25, 0.3) is 0 Å². The zero-order valence-electron chi connectivity index (χ0n) is 6.41. The van der Waals surface area contributed by atoms with Crippen LogP contribution in [0.4, 0.5) is 0 Å². The van der Waals surface area contributed by atoms with Crippen molar-refractivity contribution in [3.63, 3.8) is 0 Å². The van der Waals surface area contributed by atoms with Gasteiger partial charge in [-0.25, -0.2) is 0 Å². The van der Waals surface area contributed by atoms with E-state index in [4.69, 9.17) is 5.84 Å². The van der Waals surface area contributed by atoms with Gasteiger partial charge in [-0.05, 0) is 6.92 Å². The van der Waals surface area contributed by atoms with E-state index in [-0.39, 0.29) is 0 Å². The molecule has 0 aliphatic heterocycles. The highest BCUT2D eigenvalue weighted by Crippen LogP contribution is 1.85. The molecule has 0 aliphatic carbocycles. The van der Waals surface area contributed by atoms with Gasteiger partial charge in [0.15, 0.2) is 0 Å². The summed E-state index contributed by atoms with van der Waals surface area (Å²) in [5.74, 6) is 6.48. The molecule has 0 bridgehead atoms. The second-order valence-corrected chi connectivity index (χ2v) is 2.15. The van der Waals surface area contributed by atoms with Crippen molar-refractivity contribution in [1.82, 2.24) is 9.78 Å². The third kappa shape index (κ3) is 1.10. The van der Waals surface area contributed by atoms with E-state index in [9.17, 15) is 0 Å². The third-order valence-electron chi connectivity index (χ3n) is 1.44. The van der Waals surface area contributed by atoms with Crippen molar-refractivity contribution >= 4 is 0 Å². The molecule has 56 valence electrons. The number of nitrogens with two attached hydrogens (primary N) is 1. The average molecular weight is 141 g/mol. The lowest BCUT2D eigenvalue weighted by molar-refractivity contribution is -0.647. The van der Waals surface area contributed by atoms with Gasteiger partial charge < -0.3 is 0 Å². The Labute approximate surface area is 60.2 Å². The Balaban J connectivity index is 2.92. The second kappa shape index (κ2) is 2.68. The molecule has 0 aromatic carbocycles. The maximum atomic E-state index is 5.56. The first-order valence-corrected chi connectivity index (χ1v) is 3.51. The third-order valence-corrected chi connectivity index (χ3v) is 1.44. The highest BCUT2D eigenvalue weighted by Gasteiger charge is 2.09. The number of aryl methyl sites for hydroxylation is 2. The maximum absolute atomic E-state index is 5.56. The molecule has 0 radical (unpaired) electrons. The quantitative estimate of drug-likeness (QED) is 0.444. The summed E-state index contributed by atoms with van der Waals surface area (Å²) in [7, 11) is 0. The van der Waals surface area contributed by atoms with Crippen molar-refractivity contribution in [1.29, 1.82) is 0 Å². The first-order valence-electron chi connectivity index (χ1n) is 3.51. The SMILES string of the molecule is CCc1nn(CC)c[n+]1N. The van der Waals surface area contributed by atoms with E-state index in [1.54, 1.807) is 11.0 Å². The average Bonchev–Trinajstić information content (AvgIpc) is 2.30. The molecule has 4 heteroatoms. The highest BCUT2D eigenvalue weighted by molar-refractivity contribution is 4.68. The van der Waals surface area contributed by atoms with Gasteiger partial charge in [-0.15, -0.1) is 9.36 Å². The number of rotatable bonds is 2. The molecule has 1 aromatic rings. The molecule has 10 heavy (non-hydrogen) atoms. The fourth-order valence-electron chi connectivity index (χ4n) is 0.842. The van der Waals surface area contributed by atoms with Gasteiger partial charge in [0.2, 0.25) is 6.33 Å². The molecular formula is C6H13N4+. The summed E-state index contributed by atoms with van der Waals surface area (Å²) in [6, 6.07) is 0. The summed E-state index contributed by atoms with van der Waals surface area (Å²) >= 11 is 0. The number of hydrogen-bond acceptors (Lipinski definition) is 2. The lowest BCUT2D eigenvalue weighted by Gasteiger charge is -1.81. The maximum Gasteiger partial charge on any atom is 0.298 e. The van der Waals surface area contributed by atoms with Crippen LogP contribution < -0.4 is 10.5 Å². The van der Waals surface area contributed by atoms with Crippen LogP contribution in [-0.4, -0.2) is 9.78 Å². The summed E-state index contributed by atoms with van der Waals surface area (Å²) in [5, 5.41) is 4.20. The standard InChI is InChI=1S/C6H13N4/c1-3-6-8-9(4-2)5-10(6)7/h5H,3-4,7H2,1-2H3/q+1. The van der Waals surface area contributed by atoms with Crippen molar-refractivity contribution in [3.8, 4) is 0 Å². The fraction of sp³-hybridized carbons (Fsp3) is 0.667. The Bertz CT molecular complexity index is 216. The van der Waals surface area contributed by atoms with Crippen LogP contribution in [0.5, 0.6) is 0 Å². The Morgan fingerprint density at radius 2 is 2.40 bits per heavy atom. The molecular weight excluding hydrogens is 128 g/mol. The Kier molecular flexibility index (Phi) is 1.89. The number of nitrogen functional groups attached to an aromatic ring is 1. The van der Waals surface area contributed by atoms with E-state index >= 15 is 0 Å². The van der Waals surface area contributed by atoms with Crippen LogP contribution in [0.1, 0.15) is 19.7 Å². The van der Waals surface area contributed by atoms with Gasteiger partial charge in [0.05, 0.1) is 0 Å². The monoisotopic (exact) mass is 141 g/mol. The largest absolute Gasteiger partial charge is 0.298 e. The minimum Gasteiger partial charge on any atom is -0.289 e. The Morgan fingerprint density at radius 3 is 2.70 bits per heavy atom. The first kappa shape index (κ1) is 7.05. The number of aromatic nitrogens is 3. The molecule has 0 aliphatic rings. The van der Waals surface area contributed by atoms with Gasteiger partial charge >= 0.3 is 0 Å². The molecule has 0 spiro atoms. The predicted octanol–water partition coefficient (Wildman–Crippen LogP) is -0.533. The molecule has 1 aromatic heterocycles. The summed E-state index contributed by atoms with van der Waals surface area (Å²) in [6.45, 7) is 4.94. The van der Waals surface area contributed by atoms with Crippen LogP contribution in [0.15, 0.2) is 6.33 Å². The minimum atomic E-state index is 0.872. The summed E-state index contributed by atoms with van der Waals surface area (Å²) in [4.78, 5) is 0. The van der Waals surface area contributed by atoms with Gasteiger partial charge in [-0.2, -0.15) is 0 Å². The van der Waals surface area contributed by atoms with E-state index in [2.05, 4.69) is 5.10 Å². The topological polar surface area (TPSA) is 47.7 Å². The lowest BCUT2D eigenvalue weighted by atomic mass is 10.5. The molecule has 2 N–H and O–H groups in total. The fourth-order valence-corrected chi connectivity index (χ4v) is 0.842. The van der Waals surface area contributed by atoms with E-state index in [1.807, 2.05) is 18.5 Å². The van der Waals surface area contributed by atoms with Crippen molar-refractivity contribution < 1.29 is 4.68 Å². The molecule has 0 atom stereocenters. The second-order valence-electron chi connectivity index (χ2n) is 2.15. The van der Waals surface area contributed by atoms with Crippen LogP contribution in [-0.2, 0) is 13.0 Å². The van der Waals surface area contributed by atoms with Crippen molar-refractivity contribution in [3.05, 3.63) is 12.2 Å². The normalized spacial score (nSPS) is 10.2. The number of nitrogens with zero attached hydrogens (tertiary/aromatic N) is 3. The van der Waals surface area contributed by atoms with Gasteiger partial charge in [-0.1, -0.05) is 6.92 Å². The zero-order valence-corrected chi connectivity index (χ0v) is 6.41. The smallest absolute Gasteiger partial charge is 0.289 e. The van der Waals surface area contributed by atoms with E-state index in [0.717, 1.165) is 18.8 Å². The van der Waals surface area contributed by atoms with Crippen LogP contribution >= 0.6 is 0 Å². The molecule has 1 heterocycles. The van der Waals surface area contributed by atoms with Gasteiger partial charge in [0, 0.05) is 11.5 Å². The van der Waals surface area contributed by atoms with E-state index in [0.29, 0.717) is 0 Å². The zero-order chi connectivity index (χ0) is 7.56. The number of hydrogen-bond donors (Lipinski definition) is 1. The summed E-state index contributed by atoms with van der Waals surface area (Å²) in [6.07, 6.45) is 2.67. The van der Waals surface area contributed by atoms with Crippen LogP contribution in [0.3, 0.4) is 0 Å². The Hall–Kier alpha value is -1.06. The minimum absolute atomic E-state index is 0.872. The summed E-state index contributed by atoms with van der Waals surface area (Å²) in [5.41, 5.74) is 0. The molecule has 0 unspecified atom stereocenters. The Morgan fingerprint density at radius 1 is 1.70 bits per heavy atom. The molecule has 4 nitrogen and oxygen atoms in total. The van der Waals surface area contributed by atoms with Crippen molar-refractivity contribution in [2.75, 3.05) is 5.84 Å². The molecule has 0 saturated carbocycles. The molecule has 0 amide bonds. The summed E-state index contributed by atoms with van der Waals surface area (Å²) < 4.78 is 3.38. The van der Waals surface area contributed by atoms with Crippen LogP contribution in [0, 0.1) is 0 Å². The molecule has 1 rings (SSSR count). The predicted molar refractivity (Wildman–Crippen MR) is 37.6 cm³/mol. The first-order chi connectivity index (χ1) is 4.77. The van der Waals surface area contributed by atoms with Crippen molar-refractivity contribution in [2.24, 2.45) is 0 Å². The molecule has 0 saturated heterocycles. The van der Waals surface area contributed by atoms with Gasteiger partial charge in [0.25, 0.3) is 5.82 Å². The van der Waals surface area contributed by atoms with E-state index < -0.39 is 0 Å². The van der Waals surface area contributed by atoms with Crippen molar-refractivity contribution in [2.45, 2.75) is 26.8 Å². The lowest BCUT2D eigenvalue weighted by Crippen LogP contribution is -2.46. The van der Waals surface area contributed by atoms with Crippen LogP contribution in [0.2, 0.25) is 0 Å². The molecule has 0 fully saturated rings.